The summed E-state index contributed by atoms with van der Waals surface area (Å²) in [4.78, 5) is 6.84. The molecule has 0 unspecified atom stereocenters. The zero-order chi connectivity index (χ0) is 16.3. The number of nitrogens with one attached hydrogen (secondary N) is 2. The summed E-state index contributed by atoms with van der Waals surface area (Å²) in [6, 6.07) is 8.01. The SMILES string of the molecule is CN=C(NCCCCN1CCCC1)NCCc1cccc(Cl)c1. The number of hydrogen-bond acceptors (Lipinski definition) is 2. The summed E-state index contributed by atoms with van der Waals surface area (Å²) < 4.78 is 0. The predicted molar refractivity (Wildman–Crippen MR) is 99.4 cm³/mol. The Morgan fingerprint density at radius 3 is 2.70 bits per heavy atom. The molecule has 0 spiro atoms. The molecule has 1 aromatic rings. The number of rotatable bonds is 8. The van der Waals surface area contributed by atoms with Gasteiger partial charge in [0.25, 0.3) is 0 Å². The molecule has 1 fully saturated rings. The van der Waals surface area contributed by atoms with Crippen LogP contribution in [0.15, 0.2) is 29.3 Å². The zero-order valence-corrected chi connectivity index (χ0v) is 14.9. The lowest BCUT2D eigenvalue weighted by molar-refractivity contribution is 0.330. The lowest BCUT2D eigenvalue weighted by atomic mass is 10.1. The number of guanidine groups is 1. The van der Waals surface area contributed by atoms with Crippen molar-refractivity contribution in [2.45, 2.75) is 32.1 Å². The molecule has 128 valence electrons. The van der Waals surface area contributed by atoms with E-state index in [9.17, 15) is 0 Å². The molecule has 1 aliphatic heterocycles. The van der Waals surface area contributed by atoms with E-state index >= 15 is 0 Å². The number of likely N-dealkylation sites (tertiary alicyclic amines) is 1. The standard InChI is InChI=1S/C18H29ClN4/c1-20-18(21-10-2-3-12-23-13-4-5-14-23)22-11-9-16-7-6-8-17(19)15-16/h6-8,15H,2-5,9-14H2,1H3,(H2,20,21,22). The minimum atomic E-state index is 0.794. The third kappa shape index (κ3) is 7.23. The van der Waals surface area contributed by atoms with E-state index in [1.165, 1.54) is 50.9 Å². The van der Waals surface area contributed by atoms with Crippen LogP contribution in [0.1, 0.15) is 31.2 Å². The van der Waals surface area contributed by atoms with E-state index in [1.54, 1.807) is 0 Å². The van der Waals surface area contributed by atoms with Gasteiger partial charge in [0.1, 0.15) is 0 Å². The highest BCUT2D eigenvalue weighted by molar-refractivity contribution is 6.30. The molecule has 1 saturated heterocycles. The van der Waals surface area contributed by atoms with Gasteiger partial charge in [0.05, 0.1) is 0 Å². The topological polar surface area (TPSA) is 39.7 Å². The highest BCUT2D eigenvalue weighted by Crippen LogP contribution is 2.10. The fourth-order valence-corrected chi connectivity index (χ4v) is 3.12. The summed E-state index contributed by atoms with van der Waals surface area (Å²) in [6.45, 7) is 5.65. The molecule has 5 heteroatoms. The Labute approximate surface area is 145 Å². The summed E-state index contributed by atoms with van der Waals surface area (Å²) in [6.07, 6.45) is 6.14. The minimum Gasteiger partial charge on any atom is -0.356 e. The van der Waals surface area contributed by atoms with Crippen molar-refractivity contribution in [1.82, 2.24) is 15.5 Å². The number of benzene rings is 1. The van der Waals surface area contributed by atoms with Gasteiger partial charge in [-0.1, -0.05) is 23.7 Å². The van der Waals surface area contributed by atoms with Crippen LogP contribution < -0.4 is 10.6 Å². The number of nitrogens with zero attached hydrogens (tertiary/aromatic N) is 2. The van der Waals surface area contributed by atoms with Crippen molar-refractivity contribution in [2.24, 2.45) is 4.99 Å². The fourth-order valence-electron chi connectivity index (χ4n) is 2.91. The van der Waals surface area contributed by atoms with E-state index in [-0.39, 0.29) is 0 Å². The number of halogens is 1. The molecule has 4 nitrogen and oxygen atoms in total. The average molecular weight is 337 g/mol. The molecule has 0 aliphatic carbocycles. The van der Waals surface area contributed by atoms with E-state index in [0.29, 0.717) is 0 Å². The summed E-state index contributed by atoms with van der Waals surface area (Å²) in [5, 5.41) is 7.54. The van der Waals surface area contributed by atoms with Gasteiger partial charge in [-0.3, -0.25) is 4.99 Å². The van der Waals surface area contributed by atoms with Crippen LogP contribution in [0.4, 0.5) is 0 Å². The Hall–Kier alpha value is -1.26. The molecule has 0 atom stereocenters. The molecular weight excluding hydrogens is 308 g/mol. The number of unbranched alkanes of at least 4 members (excludes halogenated alkanes) is 1. The minimum absolute atomic E-state index is 0.794. The first-order valence-corrected chi connectivity index (χ1v) is 9.07. The van der Waals surface area contributed by atoms with Crippen LogP contribution in [0.3, 0.4) is 0 Å². The molecule has 0 amide bonds. The zero-order valence-electron chi connectivity index (χ0n) is 14.2. The Morgan fingerprint density at radius 1 is 1.17 bits per heavy atom. The van der Waals surface area contributed by atoms with Crippen molar-refractivity contribution in [3.8, 4) is 0 Å². The van der Waals surface area contributed by atoms with Crippen LogP contribution in [0, 0.1) is 0 Å². The van der Waals surface area contributed by atoms with Crippen LogP contribution in [0.5, 0.6) is 0 Å². The van der Waals surface area contributed by atoms with Gasteiger partial charge in [0.15, 0.2) is 5.96 Å². The van der Waals surface area contributed by atoms with Crippen LogP contribution in [0.2, 0.25) is 5.02 Å². The van der Waals surface area contributed by atoms with Crippen LogP contribution in [0.25, 0.3) is 0 Å². The Balaban J connectivity index is 1.54. The highest BCUT2D eigenvalue weighted by Gasteiger charge is 2.09. The van der Waals surface area contributed by atoms with E-state index < -0.39 is 0 Å². The Bertz CT molecular complexity index is 484. The predicted octanol–water partition coefficient (Wildman–Crippen LogP) is 2.92. The molecule has 0 bridgehead atoms. The molecule has 1 aromatic carbocycles. The van der Waals surface area contributed by atoms with Gasteiger partial charge in [-0.15, -0.1) is 0 Å². The van der Waals surface area contributed by atoms with E-state index in [4.69, 9.17) is 11.6 Å². The molecule has 1 aliphatic rings. The molecule has 0 radical (unpaired) electrons. The van der Waals surface area contributed by atoms with Crippen LogP contribution in [-0.4, -0.2) is 50.6 Å². The number of aliphatic imine (C=N–C) groups is 1. The van der Waals surface area contributed by atoms with Gasteiger partial charge < -0.3 is 15.5 Å². The second-order valence-corrected chi connectivity index (χ2v) is 6.50. The molecule has 23 heavy (non-hydrogen) atoms. The van der Waals surface area contributed by atoms with Crippen molar-refractivity contribution < 1.29 is 0 Å². The quantitative estimate of drug-likeness (QED) is 0.435. The Kier molecular flexibility index (Phi) is 8.26. The smallest absolute Gasteiger partial charge is 0.190 e. The van der Waals surface area contributed by atoms with Gasteiger partial charge in [0.2, 0.25) is 0 Å². The number of hydrogen-bond donors (Lipinski definition) is 2. The second kappa shape index (κ2) is 10.5. The molecule has 0 saturated carbocycles. The highest BCUT2D eigenvalue weighted by atomic mass is 35.5. The summed E-state index contributed by atoms with van der Waals surface area (Å²) in [7, 11) is 1.82. The molecule has 2 N–H and O–H groups in total. The Morgan fingerprint density at radius 2 is 1.96 bits per heavy atom. The van der Waals surface area contributed by atoms with Gasteiger partial charge >= 0.3 is 0 Å². The third-order valence-electron chi connectivity index (χ3n) is 4.21. The maximum absolute atomic E-state index is 6.00. The van der Waals surface area contributed by atoms with Crippen LogP contribution in [-0.2, 0) is 6.42 Å². The van der Waals surface area contributed by atoms with Crippen molar-refractivity contribution >= 4 is 17.6 Å². The van der Waals surface area contributed by atoms with Crippen molar-refractivity contribution in [3.63, 3.8) is 0 Å². The summed E-state index contributed by atoms with van der Waals surface area (Å²) in [5.74, 6) is 0.883. The third-order valence-corrected chi connectivity index (χ3v) is 4.45. The average Bonchev–Trinajstić information content (AvgIpc) is 3.06. The molecule has 1 heterocycles. The van der Waals surface area contributed by atoms with E-state index in [0.717, 1.165) is 30.5 Å². The maximum Gasteiger partial charge on any atom is 0.190 e. The first kappa shape index (κ1) is 18.1. The van der Waals surface area contributed by atoms with Crippen molar-refractivity contribution in [1.29, 1.82) is 0 Å². The van der Waals surface area contributed by atoms with E-state index in [2.05, 4.69) is 26.6 Å². The monoisotopic (exact) mass is 336 g/mol. The van der Waals surface area contributed by atoms with Crippen molar-refractivity contribution in [3.05, 3.63) is 34.9 Å². The second-order valence-electron chi connectivity index (χ2n) is 6.06. The first-order chi connectivity index (χ1) is 11.3. The fraction of sp³-hybridized carbons (Fsp3) is 0.611. The van der Waals surface area contributed by atoms with E-state index in [1.807, 2.05) is 25.2 Å². The van der Waals surface area contributed by atoms with Gasteiger partial charge in [-0.2, -0.15) is 0 Å². The van der Waals surface area contributed by atoms with Gasteiger partial charge in [0, 0.05) is 25.2 Å². The largest absolute Gasteiger partial charge is 0.356 e. The molecular formula is C18H29ClN4. The summed E-state index contributed by atoms with van der Waals surface area (Å²) in [5.41, 5.74) is 1.24. The summed E-state index contributed by atoms with van der Waals surface area (Å²) >= 11 is 6.00. The van der Waals surface area contributed by atoms with Crippen LogP contribution >= 0.6 is 11.6 Å². The molecule has 2 rings (SSSR count). The maximum atomic E-state index is 6.00. The van der Waals surface area contributed by atoms with Crippen molar-refractivity contribution in [2.75, 3.05) is 39.8 Å². The van der Waals surface area contributed by atoms with Gasteiger partial charge in [-0.25, -0.2) is 0 Å². The lowest BCUT2D eigenvalue weighted by Gasteiger charge is -2.15. The van der Waals surface area contributed by atoms with Gasteiger partial charge in [-0.05, 0) is 69.4 Å². The normalized spacial score (nSPS) is 15.8. The molecule has 0 aromatic heterocycles. The first-order valence-electron chi connectivity index (χ1n) is 8.69. The lowest BCUT2D eigenvalue weighted by Crippen LogP contribution is -2.38.